The summed E-state index contributed by atoms with van der Waals surface area (Å²) in [7, 11) is -4.40. The van der Waals surface area contributed by atoms with E-state index in [2.05, 4.69) is 0 Å². The van der Waals surface area contributed by atoms with Gasteiger partial charge >= 0.3 is 43.7 Å². The fourth-order valence-corrected chi connectivity index (χ4v) is 0.382. The van der Waals surface area contributed by atoms with Gasteiger partial charge < -0.3 is 5.11 Å². The Morgan fingerprint density at radius 1 is 1.50 bits per heavy atom. The van der Waals surface area contributed by atoms with Crippen LogP contribution in [-0.2, 0) is 14.9 Å². The standard InChI is InChI=1S/C3H6O5S.Ca.2H/c1-2(3(4)5)9(6,7)8;;;/h2H,1H3,(H,4,5)(H,6,7,8);;;. The quantitative estimate of drug-likeness (QED) is 0.411. The van der Waals surface area contributed by atoms with E-state index in [9.17, 15) is 13.2 Å². The summed E-state index contributed by atoms with van der Waals surface area (Å²) in [6.45, 7) is 0.887. The van der Waals surface area contributed by atoms with Crippen molar-refractivity contribution in [1.82, 2.24) is 0 Å². The molecule has 0 amide bonds. The molecule has 7 heteroatoms. The molecule has 0 aromatic heterocycles. The summed E-state index contributed by atoms with van der Waals surface area (Å²) >= 11 is 0. The van der Waals surface area contributed by atoms with E-state index in [1.807, 2.05) is 0 Å². The first-order chi connectivity index (χ1) is 3.85. The van der Waals surface area contributed by atoms with Gasteiger partial charge in [-0.25, -0.2) is 0 Å². The van der Waals surface area contributed by atoms with E-state index in [-0.39, 0.29) is 37.7 Å². The first-order valence-electron chi connectivity index (χ1n) is 2.05. The van der Waals surface area contributed by atoms with Gasteiger partial charge in [-0.2, -0.15) is 8.42 Å². The summed E-state index contributed by atoms with van der Waals surface area (Å²) in [6.07, 6.45) is 0. The molecule has 0 fully saturated rings. The Kier molecular flexibility index (Phi) is 5.97. The summed E-state index contributed by atoms with van der Waals surface area (Å²) in [5, 5.41) is 6.24. The number of aliphatic carboxylic acids is 1. The van der Waals surface area contributed by atoms with Gasteiger partial charge in [-0.1, -0.05) is 0 Å². The SMILES string of the molecule is CC(C(=O)O)S(=O)(=O)O.[CaH2]. The van der Waals surface area contributed by atoms with Crippen molar-refractivity contribution < 1.29 is 22.9 Å². The minimum absolute atomic E-state index is 0. The first kappa shape index (κ1) is 13.2. The van der Waals surface area contributed by atoms with E-state index in [4.69, 9.17) is 9.66 Å². The van der Waals surface area contributed by atoms with Crippen LogP contribution < -0.4 is 0 Å². The van der Waals surface area contributed by atoms with Crippen LogP contribution in [0.5, 0.6) is 0 Å². The van der Waals surface area contributed by atoms with Crippen LogP contribution in [-0.4, -0.2) is 67.0 Å². The molecule has 0 aliphatic heterocycles. The molecule has 58 valence electrons. The zero-order chi connectivity index (χ0) is 7.65. The van der Waals surface area contributed by atoms with Gasteiger partial charge in [0.2, 0.25) is 0 Å². The van der Waals surface area contributed by atoms with E-state index in [1.54, 1.807) is 0 Å². The molecule has 2 N–H and O–H groups in total. The van der Waals surface area contributed by atoms with E-state index in [0.717, 1.165) is 6.92 Å². The normalized spacial score (nSPS) is 13.4. The van der Waals surface area contributed by atoms with Gasteiger partial charge in [-0.05, 0) is 6.92 Å². The summed E-state index contributed by atoms with van der Waals surface area (Å²) in [6, 6.07) is 0. The molecule has 0 aromatic rings. The van der Waals surface area contributed by atoms with Crippen LogP contribution in [0.3, 0.4) is 0 Å². The fourth-order valence-electron chi connectivity index (χ4n) is 0.127. The summed E-state index contributed by atoms with van der Waals surface area (Å²) in [5.74, 6) is -1.56. The molecule has 0 saturated heterocycles. The van der Waals surface area contributed by atoms with Crippen molar-refractivity contribution in [3.05, 3.63) is 0 Å². The Hall–Kier alpha value is 0.640. The van der Waals surface area contributed by atoms with Crippen LogP contribution in [0.2, 0.25) is 0 Å². The van der Waals surface area contributed by atoms with Crippen molar-refractivity contribution >= 4 is 53.8 Å². The van der Waals surface area contributed by atoms with Crippen molar-refractivity contribution in [1.29, 1.82) is 0 Å². The van der Waals surface area contributed by atoms with Crippen molar-refractivity contribution in [3.8, 4) is 0 Å². The Morgan fingerprint density at radius 3 is 1.80 bits per heavy atom. The molecule has 0 spiro atoms. The van der Waals surface area contributed by atoms with Gasteiger partial charge in [-0.3, -0.25) is 9.35 Å². The van der Waals surface area contributed by atoms with Gasteiger partial charge in [0.15, 0.2) is 5.25 Å². The van der Waals surface area contributed by atoms with Crippen molar-refractivity contribution in [3.63, 3.8) is 0 Å². The molecule has 0 rings (SSSR count). The van der Waals surface area contributed by atoms with Crippen molar-refractivity contribution in [2.24, 2.45) is 0 Å². The van der Waals surface area contributed by atoms with Gasteiger partial charge in [0.25, 0.3) is 10.1 Å². The number of rotatable bonds is 2. The van der Waals surface area contributed by atoms with Gasteiger partial charge in [0, 0.05) is 0 Å². The third-order valence-corrected chi connectivity index (χ3v) is 1.89. The summed E-state index contributed by atoms with van der Waals surface area (Å²) < 4.78 is 27.9. The fraction of sp³-hybridized carbons (Fsp3) is 0.667. The number of carbonyl (C=O) groups is 1. The average molecular weight is 196 g/mol. The Labute approximate surface area is 88.2 Å². The second-order valence-electron chi connectivity index (χ2n) is 1.50. The van der Waals surface area contributed by atoms with E-state index < -0.39 is 21.3 Å². The number of carboxylic acid groups (broad SMARTS) is 1. The van der Waals surface area contributed by atoms with Crippen LogP contribution >= 0.6 is 0 Å². The zero-order valence-corrected chi connectivity index (χ0v) is 5.42. The summed E-state index contributed by atoms with van der Waals surface area (Å²) in [5.41, 5.74) is 0. The molecule has 5 nitrogen and oxygen atoms in total. The van der Waals surface area contributed by atoms with Crippen LogP contribution in [0.1, 0.15) is 6.92 Å². The van der Waals surface area contributed by atoms with Crippen molar-refractivity contribution in [2.75, 3.05) is 0 Å². The molecule has 0 aliphatic rings. The molecule has 1 atom stereocenters. The molecule has 10 heavy (non-hydrogen) atoms. The molecular formula is C3H8CaO5S. The van der Waals surface area contributed by atoms with Crippen LogP contribution in [0, 0.1) is 0 Å². The van der Waals surface area contributed by atoms with Crippen molar-refractivity contribution in [2.45, 2.75) is 12.2 Å². The average Bonchev–Trinajstić information content (AvgIpc) is 1.62. The molecule has 0 aliphatic carbocycles. The van der Waals surface area contributed by atoms with Crippen LogP contribution in [0.15, 0.2) is 0 Å². The van der Waals surface area contributed by atoms with Gasteiger partial charge in [-0.15, -0.1) is 0 Å². The number of hydrogen-bond acceptors (Lipinski definition) is 3. The second-order valence-corrected chi connectivity index (χ2v) is 3.23. The first-order valence-corrected chi connectivity index (χ1v) is 3.55. The number of carboxylic acids is 1. The maximum atomic E-state index is 9.95. The predicted octanol–water partition coefficient (Wildman–Crippen LogP) is -1.57. The van der Waals surface area contributed by atoms with Gasteiger partial charge in [0.1, 0.15) is 0 Å². The molecule has 0 heterocycles. The van der Waals surface area contributed by atoms with Gasteiger partial charge in [0.05, 0.1) is 0 Å². The van der Waals surface area contributed by atoms with Crippen LogP contribution in [0.25, 0.3) is 0 Å². The Morgan fingerprint density at radius 2 is 1.80 bits per heavy atom. The summed E-state index contributed by atoms with van der Waals surface area (Å²) in [4.78, 5) is 9.81. The molecule has 0 bridgehead atoms. The molecular weight excluding hydrogens is 188 g/mol. The molecule has 0 aromatic carbocycles. The Bertz CT molecular complexity index is 207. The monoisotopic (exact) mass is 196 g/mol. The molecule has 1 unspecified atom stereocenters. The number of hydrogen-bond donors (Lipinski definition) is 2. The predicted molar refractivity (Wildman–Crippen MR) is 37.2 cm³/mol. The van der Waals surface area contributed by atoms with Crippen LogP contribution in [0.4, 0.5) is 0 Å². The molecule has 0 saturated carbocycles. The van der Waals surface area contributed by atoms with E-state index >= 15 is 0 Å². The third kappa shape index (κ3) is 4.45. The third-order valence-electron chi connectivity index (χ3n) is 0.795. The van der Waals surface area contributed by atoms with E-state index in [1.165, 1.54) is 0 Å². The second kappa shape index (κ2) is 4.50. The molecule has 0 radical (unpaired) electrons. The Balaban J connectivity index is 0. The maximum absolute atomic E-state index is 9.95. The van der Waals surface area contributed by atoms with E-state index in [0.29, 0.717) is 0 Å². The zero-order valence-electron chi connectivity index (χ0n) is 4.60. The minimum atomic E-state index is -4.40. The topological polar surface area (TPSA) is 91.7 Å².